The van der Waals surface area contributed by atoms with Gasteiger partial charge in [0.25, 0.3) is 0 Å². The van der Waals surface area contributed by atoms with Gasteiger partial charge in [0.1, 0.15) is 11.6 Å². The Hall–Kier alpha value is -1.58. The maximum atomic E-state index is 13.8. The molecule has 0 aliphatic heterocycles. The van der Waals surface area contributed by atoms with Crippen molar-refractivity contribution in [1.82, 2.24) is 10.2 Å². The van der Waals surface area contributed by atoms with E-state index < -0.39 is 0 Å². The summed E-state index contributed by atoms with van der Waals surface area (Å²) < 4.78 is 13.8. The van der Waals surface area contributed by atoms with E-state index in [2.05, 4.69) is 36.3 Å². The average molecular weight is 249 g/mol. The molecule has 0 bridgehead atoms. The molecule has 2 rings (SSSR count). The first-order chi connectivity index (χ1) is 8.42. The summed E-state index contributed by atoms with van der Waals surface area (Å²) in [4.78, 5) is 0. The van der Waals surface area contributed by atoms with Crippen LogP contribution in [-0.4, -0.2) is 15.7 Å². The van der Waals surface area contributed by atoms with Crippen molar-refractivity contribution in [3.05, 3.63) is 35.3 Å². The minimum atomic E-state index is -0.264. The molecule has 98 valence electrons. The largest absolute Gasteiger partial charge is 0.361 e. The number of hydrogen-bond donors (Lipinski definition) is 2. The first kappa shape index (κ1) is 12.9. The van der Waals surface area contributed by atoms with Gasteiger partial charge in [0.2, 0.25) is 0 Å². The fraction of sp³-hybridized carbons (Fsp3) is 0.500. The van der Waals surface area contributed by atoms with Crippen LogP contribution in [0.15, 0.2) is 35.3 Å². The van der Waals surface area contributed by atoms with Crippen molar-refractivity contribution in [3.8, 4) is 0 Å². The Bertz CT molecular complexity index is 485. The minimum Gasteiger partial charge on any atom is -0.361 e. The Kier molecular flexibility index (Phi) is 3.28. The molecule has 0 saturated carbocycles. The smallest absolute Gasteiger partial charge is 0.122 e. The Morgan fingerprint density at radius 1 is 1.50 bits per heavy atom. The molecular weight excluding hydrogens is 229 g/mol. The number of aromatic amines is 1. The van der Waals surface area contributed by atoms with Crippen LogP contribution in [0.5, 0.6) is 0 Å². The van der Waals surface area contributed by atoms with Crippen LogP contribution < -0.4 is 5.32 Å². The molecule has 1 aliphatic carbocycles. The summed E-state index contributed by atoms with van der Waals surface area (Å²) in [5, 5.41) is 10.3. The standard InChI is InChI=1S/C14H20FN3/c1-9(2)11-7-12(15)10(3)8-14(11,4)17-13-5-6-16-18-13/h5-7,9H,8H2,1-4H3,(H2,16,17,18). The van der Waals surface area contributed by atoms with Gasteiger partial charge in [0.05, 0.1) is 11.7 Å². The van der Waals surface area contributed by atoms with Crippen LogP contribution in [0.3, 0.4) is 0 Å². The molecule has 3 nitrogen and oxygen atoms in total. The fourth-order valence-electron chi connectivity index (χ4n) is 2.68. The van der Waals surface area contributed by atoms with E-state index in [0.29, 0.717) is 12.3 Å². The van der Waals surface area contributed by atoms with Gasteiger partial charge in [-0.1, -0.05) is 13.8 Å². The maximum Gasteiger partial charge on any atom is 0.122 e. The molecule has 4 heteroatoms. The number of halogens is 1. The fourth-order valence-corrected chi connectivity index (χ4v) is 2.68. The lowest BCUT2D eigenvalue weighted by molar-refractivity contribution is 0.489. The van der Waals surface area contributed by atoms with Crippen LogP contribution in [-0.2, 0) is 0 Å². The number of H-pyrrole nitrogens is 1. The van der Waals surface area contributed by atoms with E-state index in [9.17, 15) is 4.39 Å². The van der Waals surface area contributed by atoms with E-state index in [4.69, 9.17) is 0 Å². The Balaban J connectivity index is 2.34. The topological polar surface area (TPSA) is 40.7 Å². The molecule has 1 heterocycles. The zero-order valence-electron chi connectivity index (χ0n) is 11.3. The van der Waals surface area contributed by atoms with Gasteiger partial charge in [-0.2, -0.15) is 5.10 Å². The molecule has 0 saturated heterocycles. The van der Waals surface area contributed by atoms with Crippen molar-refractivity contribution in [3.63, 3.8) is 0 Å². The third kappa shape index (κ3) is 2.33. The molecule has 0 amide bonds. The summed E-state index contributed by atoms with van der Waals surface area (Å²) in [6, 6.07) is 1.88. The Morgan fingerprint density at radius 2 is 2.22 bits per heavy atom. The van der Waals surface area contributed by atoms with Crippen LogP contribution in [0.4, 0.5) is 10.2 Å². The number of anilines is 1. The zero-order valence-corrected chi connectivity index (χ0v) is 11.3. The molecule has 1 aromatic rings. The van der Waals surface area contributed by atoms with Crippen LogP contribution in [0.2, 0.25) is 0 Å². The number of allylic oxidation sites excluding steroid dienone is 2. The van der Waals surface area contributed by atoms with Gasteiger partial charge >= 0.3 is 0 Å². The number of hydrogen-bond acceptors (Lipinski definition) is 2. The third-order valence-electron chi connectivity index (χ3n) is 3.48. The molecule has 1 aliphatic rings. The molecule has 1 aromatic heterocycles. The molecule has 1 unspecified atom stereocenters. The van der Waals surface area contributed by atoms with Gasteiger partial charge in [0.15, 0.2) is 0 Å². The molecule has 2 N–H and O–H groups in total. The second-order valence-electron chi connectivity index (χ2n) is 5.49. The predicted molar refractivity (Wildman–Crippen MR) is 72.0 cm³/mol. The monoisotopic (exact) mass is 249 g/mol. The molecule has 0 fully saturated rings. The molecular formula is C14H20FN3. The third-order valence-corrected chi connectivity index (χ3v) is 3.48. The highest BCUT2D eigenvalue weighted by Crippen LogP contribution is 2.38. The highest BCUT2D eigenvalue weighted by molar-refractivity contribution is 5.47. The van der Waals surface area contributed by atoms with Crippen molar-refractivity contribution in [2.24, 2.45) is 5.92 Å². The van der Waals surface area contributed by atoms with E-state index in [1.54, 1.807) is 12.3 Å². The second kappa shape index (κ2) is 4.59. The molecule has 0 aromatic carbocycles. The first-order valence-electron chi connectivity index (χ1n) is 6.27. The summed E-state index contributed by atoms with van der Waals surface area (Å²) in [5.41, 5.74) is 1.61. The van der Waals surface area contributed by atoms with Crippen LogP contribution >= 0.6 is 0 Å². The van der Waals surface area contributed by atoms with Gasteiger partial charge in [-0.3, -0.25) is 5.10 Å². The summed E-state index contributed by atoms with van der Waals surface area (Å²) in [6.45, 7) is 8.13. The van der Waals surface area contributed by atoms with Gasteiger partial charge < -0.3 is 5.32 Å². The summed E-state index contributed by atoms with van der Waals surface area (Å²) in [6.07, 6.45) is 4.05. The van der Waals surface area contributed by atoms with Gasteiger partial charge in [-0.15, -0.1) is 0 Å². The number of nitrogens with one attached hydrogen (secondary N) is 2. The van der Waals surface area contributed by atoms with Crippen LogP contribution in [0, 0.1) is 5.92 Å². The maximum absolute atomic E-state index is 13.8. The van der Waals surface area contributed by atoms with Crippen LogP contribution in [0.25, 0.3) is 0 Å². The number of nitrogens with zero attached hydrogens (tertiary/aromatic N) is 1. The van der Waals surface area contributed by atoms with Gasteiger partial charge in [0, 0.05) is 0 Å². The second-order valence-corrected chi connectivity index (χ2v) is 5.49. The van der Waals surface area contributed by atoms with Crippen molar-refractivity contribution >= 4 is 5.82 Å². The van der Waals surface area contributed by atoms with Crippen molar-refractivity contribution in [1.29, 1.82) is 0 Å². The molecule has 0 spiro atoms. The van der Waals surface area contributed by atoms with Crippen molar-refractivity contribution in [2.45, 2.75) is 39.7 Å². The lowest BCUT2D eigenvalue weighted by Crippen LogP contribution is -2.41. The summed E-state index contributed by atoms with van der Waals surface area (Å²) >= 11 is 0. The molecule has 0 radical (unpaired) electrons. The minimum absolute atomic E-state index is 0.0948. The molecule has 1 atom stereocenters. The lowest BCUT2D eigenvalue weighted by Gasteiger charge is -2.38. The average Bonchev–Trinajstić information content (AvgIpc) is 2.75. The first-order valence-corrected chi connectivity index (χ1v) is 6.27. The lowest BCUT2D eigenvalue weighted by atomic mass is 9.76. The Labute approximate surface area is 107 Å². The highest BCUT2D eigenvalue weighted by atomic mass is 19.1. The molecule has 18 heavy (non-hydrogen) atoms. The SMILES string of the molecule is CC1=C(F)C=C(C(C)C)C(C)(Nc2ccn[nH]2)C1. The Morgan fingerprint density at radius 3 is 2.78 bits per heavy atom. The van der Waals surface area contributed by atoms with Crippen molar-refractivity contribution in [2.75, 3.05) is 5.32 Å². The zero-order chi connectivity index (χ0) is 13.3. The quantitative estimate of drug-likeness (QED) is 0.855. The summed E-state index contributed by atoms with van der Waals surface area (Å²) in [5.74, 6) is 1.06. The van der Waals surface area contributed by atoms with E-state index in [1.807, 2.05) is 13.0 Å². The van der Waals surface area contributed by atoms with E-state index in [1.165, 1.54) is 0 Å². The number of aromatic nitrogens is 2. The van der Waals surface area contributed by atoms with Crippen LogP contribution in [0.1, 0.15) is 34.1 Å². The highest BCUT2D eigenvalue weighted by Gasteiger charge is 2.35. The van der Waals surface area contributed by atoms with Gasteiger partial charge in [-0.25, -0.2) is 4.39 Å². The van der Waals surface area contributed by atoms with E-state index in [-0.39, 0.29) is 11.4 Å². The predicted octanol–water partition coefficient (Wildman–Crippen LogP) is 3.81. The van der Waals surface area contributed by atoms with E-state index in [0.717, 1.165) is 17.0 Å². The van der Waals surface area contributed by atoms with Crippen molar-refractivity contribution < 1.29 is 4.39 Å². The van der Waals surface area contributed by atoms with Gasteiger partial charge in [-0.05, 0) is 49.5 Å². The number of rotatable bonds is 3. The summed E-state index contributed by atoms with van der Waals surface area (Å²) in [7, 11) is 0. The van der Waals surface area contributed by atoms with E-state index >= 15 is 0 Å². The normalized spacial score (nSPS) is 24.4.